The van der Waals surface area contributed by atoms with Crippen molar-refractivity contribution in [2.24, 2.45) is 5.92 Å². The summed E-state index contributed by atoms with van der Waals surface area (Å²) in [5, 5.41) is 5.60. The van der Waals surface area contributed by atoms with Crippen molar-refractivity contribution in [2.75, 3.05) is 25.5 Å². The Morgan fingerprint density at radius 1 is 1.26 bits per heavy atom. The van der Waals surface area contributed by atoms with Gasteiger partial charge in [0.1, 0.15) is 0 Å². The number of carbonyl (C=O) groups excluding carboxylic acids is 2. The molecule has 0 aromatic heterocycles. The number of aryl methyl sites for hydroxylation is 1. The fourth-order valence-corrected chi connectivity index (χ4v) is 3.31. The topological polar surface area (TPSA) is 70.7 Å². The predicted molar refractivity (Wildman–Crippen MR) is 87.2 cm³/mol. The van der Waals surface area contributed by atoms with E-state index in [4.69, 9.17) is 4.74 Å². The van der Waals surface area contributed by atoms with Gasteiger partial charge in [-0.25, -0.2) is 4.79 Å². The van der Waals surface area contributed by atoms with Gasteiger partial charge in [-0.2, -0.15) is 0 Å². The molecule has 0 unspecified atom stereocenters. The number of urea groups is 1. The molecule has 3 amide bonds. The minimum atomic E-state index is -0.207. The first kappa shape index (κ1) is 15.8. The Hall–Kier alpha value is -2.08. The number of fused-ring (bicyclic) bond motifs is 2. The zero-order chi connectivity index (χ0) is 16.4. The van der Waals surface area contributed by atoms with Gasteiger partial charge < -0.3 is 20.3 Å². The van der Waals surface area contributed by atoms with Crippen molar-refractivity contribution < 1.29 is 14.3 Å². The van der Waals surface area contributed by atoms with E-state index in [2.05, 4.69) is 17.6 Å². The van der Waals surface area contributed by atoms with Gasteiger partial charge in [0.2, 0.25) is 5.91 Å². The van der Waals surface area contributed by atoms with Crippen molar-refractivity contribution >= 4 is 17.6 Å². The Morgan fingerprint density at radius 3 is 2.65 bits per heavy atom. The molecule has 2 aliphatic rings. The second kappa shape index (κ2) is 6.58. The van der Waals surface area contributed by atoms with Crippen LogP contribution in [0.3, 0.4) is 0 Å². The third-order valence-corrected chi connectivity index (χ3v) is 4.64. The maximum atomic E-state index is 12.4. The second-order valence-corrected chi connectivity index (χ2v) is 6.14. The number of benzene rings is 1. The van der Waals surface area contributed by atoms with Gasteiger partial charge in [-0.05, 0) is 30.5 Å². The van der Waals surface area contributed by atoms with E-state index in [1.807, 2.05) is 24.3 Å². The molecule has 124 valence electrons. The summed E-state index contributed by atoms with van der Waals surface area (Å²) >= 11 is 0. The maximum Gasteiger partial charge on any atom is 0.322 e. The molecule has 1 aromatic carbocycles. The third kappa shape index (κ3) is 3.32. The van der Waals surface area contributed by atoms with Crippen LogP contribution in [0, 0.1) is 5.92 Å². The van der Waals surface area contributed by atoms with Crippen LogP contribution in [-0.4, -0.2) is 49.2 Å². The molecule has 0 spiro atoms. The second-order valence-electron chi connectivity index (χ2n) is 6.14. The molecule has 2 N–H and O–H groups in total. The quantitative estimate of drug-likeness (QED) is 0.890. The molecular formula is C17H23N3O3. The number of hydrogen-bond acceptors (Lipinski definition) is 3. The summed E-state index contributed by atoms with van der Waals surface area (Å²) in [5.74, 6) is -0.165. The van der Waals surface area contributed by atoms with Crippen molar-refractivity contribution in [3.05, 3.63) is 29.8 Å². The Balaban J connectivity index is 1.61. The lowest BCUT2D eigenvalue weighted by molar-refractivity contribution is -0.127. The molecular weight excluding hydrogens is 294 g/mol. The first-order valence-electron chi connectivity index (χ1n) is 8.12. The molecule has 2 heterocycles. The molecule has 0 saturated carbocycles. The Kier molecular flexibility index (Phi) is 4.52. The number of likely N-dealkylation sites (tertiary alicyclic amines) is 1. The fourth-order valence-electron chi connectivity index (χ4n) is 3.31. The van der Waals surface area contributed by atoms with Gasteiger partial charge in [-0.3, -0.25) is 4.79 Å². The van der Waals surface area contributed by atoms with E-state index in [1.54, 1.807) is 11.9 Å². The van der Waals surface area contributed by atoms with Crippen LogP contribution in [-0.2, 0) is 16.0 Å². The molecule has 6 heteroatoms. The lowest BCUT2D eigenvalue weighted by atomic mass is 10.00. The van der Waals surface area contributed by atoms with Crippen LogP contribution in [0.2, 0.25) is 0 Å². The van der Waals surface area contributed by atoms with Crippen LogP contribution in [0.5, 0.6) is 0 Å². The normalized spacial score (nSPS) is 26.0. The molecule has 2 bridgehead atoms. The highest BCUT2D eigenvalue weighted by Crippen LogP contribution is 2.32. The standard InChI is InChI=1S/C17H23N3O3/c1-3-11-4-6-12(7-5-11)19-17(22)20-9-13-8-14(16(21)18-2)15(10-20)23-13/h4-7,13-15H,3,8-10H2,1-2H3,(H,18,21)(H,19,22)/t13-,14+,15-/m0/s1. The molecule has 3 atom stereocenters. The Bertz CT molecular complexity index is 587. The van der Waals surface area contributed by atoms with Gasteiger partial charge in [-0.15, -0.1) is 0 Å². The van der Waals surface area contributed by atoms with Crippen molar-refractivity contribution in [3.63, 3.8) is 0 Å². The number of carbonyl (C=O) groups is 2. The highest BCUT2D eigenvalue weighted by Gasteiger charge is 2.45. The number of hydrogen-bond donors (Lipinski definition) is 2. The van der Waals surface area contributed by atoms with Crippen LogP contribution in [0.1, 0.15) is 18.9 Å². The van der Waals surface area contributed by atoms with E-state index in [0.717, 1.165) is 12.1 Å². The molecule has 2 aliphatic heterocycles. The third-order valence-electron chi connectivity index (χ3n) is 4.64. The Labute approximate surface area is 136 Å². The lowest BCUT2D eigenvalue weighted by Gasteiger charge is -2.32. The molecule has 3 rings (SSSR count). The largest absolute Gasteiger partial charge is 0.370 e. The van der Waals surface area contributed by atoms with E-state index < -0.39 is 0 Å². The molecule has 2 saturated heterocycles. The first-order chi connectivity index (χ1) is 11.1. The summed E-state index contributed by atoms with van der Waals surface area (Å²) in [5.41, 5.74) is 2.02. The van der Waals surface area contributed by atoms with Gasteiger partial charge >= 0.3 is 6.03 Å². The van der Waals surface area contributed by atoms with Crippen molar-refractivity contribution in [1.29, 1.82) is 0 Å². The summed E-state index contributed by atoms with van der Waals surface area (Å²) in [7, 11) is 1.63. The van der Waals surface area contributed by atoms with Crippen LogP contribution in [0.25, 0.3) is 0 Å². The zero-order valence-corrected chi connectivity index (χ0v) is 13.5. The van der Waals surface area contributed by atoms with Crippen LogP contribution < -0.4 is 10.6 Å². The summed E-state index contributed by atoms with van der Waals surface area (Å²) in [6.45, 7) is 3.08. The summed E-state index contributed by atoms with van der Waals surface area (Å²) in [6.07, 6.45) is 1.40. The molecule has 0 radical (unpaired) electrons. The van der Waals surface area contributed by atoms with Crippen LogP contribution in [0.4, 0.5) is 10.5 Å². The molecule has 23 heavy (non-hydrogen) atoms. The van der Waals surface area contributed by atoms with Crippen molar-refractivity contribution in [3.8, 4) is 0 Å². The van der Waals surface area contributed by atoms with Crippen LogP contribution in [0.15, 0.2) is 24.3 Å². The van der Waals surface area contributed by atoms with Gasteiger partial charge in [-0.1, -0.05) is 19.1 Å². The molecule has 1 aromatic rings. The average Bonchev–Trinajstić information content (AvgIpc) is 2.88. The van der Waals surface area contributed by atoms with Crippen molar-refractivity contribution in [2.45, 2.75) is 32.0 Å². The van der Waals surface area contributed by atoms with E-state index in [-0.39, 0.29) is 30.1 Å². The minimum absolute atomic E-state index is 0.00471. The summed E-state index contributed by atoms with van der Waals surface area (Å²) in [4.78, 5) is 26.1. The van der Waals surface area contributed by atoms with E-state index in [0.29, 0.717) is 19.5 Å². The monoisotopic (exact) mass is 317 g/mol. The molecule has 6 nitrogen and oxygen atoms in total. The van der Waals surface area contributed by atoms with Crippen LogP contribution >= 0.6 is 0 Å². The molecule has 0 aliphatic carbocycles. The SMILES string of the molecule is CCc1ccc(NC(=O)N2C[C@@H]3C[C@@H](C(=O)NC)[C@H](C2)O3)cc1. The number of morpholine rings is 1. The van der Waals surface area contributed by atoms with E-state index in [9.17, 15) is 9.59 Å². The van der Waals surface area contributed by atoms with E-state index in [1.165, 1.54) is 5.56 Å². The molecule has 2 fully saturated rings. The number of ether oxygens (including phenoxy) is 1. The number of nitrogens with zero attached hydrogens (tertiary/aromatic N) is 1. The smallest absolute Gasteiger partial charge is 0.322 e. The first-order valence-corrected chi connectivity index (χ1v) is 8.12. The number of amides is 3. The Morgan fingerprint density at radius 2 is 2.00 bits per heavy atom. The maximum absolute atomic E-state index is 12.4. The lowest BCUT2D eigenvalue weighted by Crippen LogP contribution is -2.49. The number of nitrogens with one attached hydrogen (secondary N) is 2. The van der Waals surface area contributed by atoms with Gasteiger partial charge in [0, 0.05) is 25.8 Å². The summed E-state index contributed by atoms with van der Waals surface area (Å²) < 4.78 is 5.81. The predicted octanol–water partition coefficient (Wildman–Crippen LogP) is 1.62. The fraction of sp³-hybridized carbons (Fsp3) is 0.529. The van der Waals surface area contributed by atoms with Gasteiger partial charge in [0.05, 0.1) is 18.1 Å². The highest BCUT2D eigenvalue weighted by molar-refractivity contribution is 5.89. The number of anilines is 1. The minimum Gasteiger partial charge on any atom is -0.370 e. The summed E-state index contributed by atoms with van der Waals surface area (Å²) in [6, 6.07) is 7.73. The highest BCUT2D eigenvalue weighted by atomic mass is 16.5. The average molecular weight is 317 g/mol. The van der Waals surface area contributed by atoms with Crippen molar-refractivity contribution in [1.82, 2.24) is 10.2 Å². The zero-order valence-electron chi connectivity index (χ0n) is 13.5. The van der Waals surface area contributed by atoms with Gasteiger partial charge in [0.15, 0.2) is 0 Å². The van der Waals surface area contributed by atoms with E-state index >= 15 is 0 Å². The van der Waals surface area contributed by atoms with Gasteiger partial charge in [0.25, 0.3) is 0 Å². The number of rotatable bonds is 3.